The van der Waals surface area contributed by atoms with Gasteiger partial charge in [0.2, 0.25) is 5.91 Å². The maximum atomic E-state index is 13.4. The number of piperidine rings is 1. The van der Waals surface area contributed by atoms with E-state index >= 15 is 0 Å². The summed E-state index contributed by atoms with van der Waals surface area (Å²) in [5, 5.41) is 4.22. The van der Waals surface area contributed by atoms with E-state index in [0.717, 1.165) is 16.1 Å². The topological polar surface area (TPSA) is 50.5 Å². The lowest BCUT2D eigenvalue weighted by molar-refractivity contribution is -0.142. The van der Waals surface area contributed by atoms with Crippen LogP contribution in [0.25, 0.3) is 5.65 Å². The van der Waals surface area contributed by atoms with Gasteiger partial charge in [0.25, 0.3) is 0 Å². The van der Waals surface area contributed by atoms with Gasteiger partial charge in [-0.2, -0.15) is 18.3 Å². The highest BCUT2D eigenvalue weighted by atomic mass is 19.4. The van der Waals surface area contributed by atoms with E-state index in [1.165, 1.54) is 0 Å². The predicted molar refractivity (Wildman–Crippen MR) is 106 cm³/mol. The largest absolute Gasteiger partial charge is 0.433 e. The zero-order valence-corrected chi connectivity index (χ0v) is 16.7. The van der Waals surface area contributed by atoms with Crippen molar-refractivity contribution in [3.05, 3.63) is 65.1 Å². The number of amides is 1. The Morgan fingerprint density at radius 1 is 1.13 bits per heavy atom. The van der Waals surface area contributed by atoms with Gasteiger partial charge in [0.15, 0.2) is 5.65 Å². The fraction of sp³-hybridized carbons (Fsp3) is 0.409. The van der Waals surface area contributed by atoms with Gasteiger partial charge in [-0.25, -0.2) is 9.50 Å². The van der Waals surface area contributed by atoms with Crippen LogP contribution in [-0.4, -0.2) is 38.5 Å². The van der Waals surface area contributed by atoms with E-state index in [9.17, 15) is 18.0 Å². The van der Waals surface area contributed by atoms with Crippen LogP contribution < -0.4 is 0 Å². The average molecular weight is 416 g/mol. The van der Waals surface area contributed by atoms with Crippen LogP contribution in [0.15, 0.2) is 42.5 Å². The summed E-state index contributed by atoms with van der Waals surface area (Å²) in [6, 6.07) is 12.5. The van der Waals surface area contributed by atoms with Crippen LogP contribution in [0.4, 0.5) is 13.2 Å². The molecule has 0 atom stereocenters. The monoisotopic (exact) mass is 416 g/mol. The Hall–Kier alpha value is -2.90. The minimum absolute atomic E-state index is 0.0197. The van der Waals surface area contributed by atoms with Gasteiger partial charge in [0, 0.05) is 37.2 Å². The molecule has 2 aromatic heterocycles. The Morgan fingerprint density at radius 2 is 1.83 bits per heavy atom. The number of hydrogen-bond donors (Lipinski definition) is 0. The van der Waals surface area contributed by atoms with Crippen LogP contribution in [0.3, 0.4) is 0 Å². The molecule has 0 radical (unpaired) electrons. The lowest BCUT2D eigenvalue weighted by Gasteiger charge is -2.31. The Kier molecular flexibility index (Phi) is 5.49. The van der Waals surface area contributed by atoms with E-state index in [4.69, 9.17) is 0 Å². The second kappa shape index (κ2) is 8.08. The molecule has 5 nitrogen and oxygen atoms in total. The summed E-state index contributed by atoms with van der Waals surface area (Å²) in [5.41, 5.74) is 1.44. The van der Waals surface area contributed by atoms with Crippen LogP contribution in [0.5, 0.6) is 0 Å². The summed E-state index contributed by atoms with van der Waals surface area (Å²) >= 11 is 0. The normalized spacial score (nSPS) is 15.7. The van der Waals surface area contributed by atoms with Crippen LogP contribution in [-0.2, 0) is 17.4 Å². The molecule has 4 rings (SSSR count). The first kappa shape index (κ1) is 20.4. The number of fused-ring (bicyclic) bond motifs is 1. The molecule has 0 unspecified atom stereocenters. The second-order valence-corrected chi connectivity index (χ2v) is 7.76. The summed E-state index contributed by atoms with van der Waals surface area (Å²) in [6.07, 6.45) is -1.97. The molecule has 1 amide bonds. The van der Waals surface area contributed by atoms with E-state index in [1.54, 1.807) is 13.0 Å². The third-order valence-electron chi connectivity index (χ3n) is 5.60. The second-order valence-electron chi connectivity index (χ2n) is 7.76. The first-order valence-corrected chi connectivity index (χ1v) is 10.1. The molecule has 1 aliphatic rings. The molecule has 1 saturated heterocycles. The van der Waals surface area contributed by atoms with E-state index in [-0.39, 0.29) is 17.5 Å². The van der Waals surface area contributed by atoms with E-state index < -0.39 is 11.9 Å². The van der Waals surface area contributed by atoms with Gasteiger partial charge in [0.05, 0.1) is 5.69 Å². The minimum atomic E-state index is -4.50. The van der Waals surface area contributed by atoms with Crippen molar-refractivity contribution < 1.29 is 18.0 Å². The standard InChI is InChI=1S/C22H23F3N4O/c1-15-13-19(22(23,24)25)29-20(26-15)14-18(27-29)17-9-11-28(12-10-17)21(30)8-7-16-5-3-2-4-6-16/h2-6,13-14,17H,7-12H2,1H3. The van der Waals surface area contributed by atoms with Gasteiger partial charge in [-0.1, -0.05) is 30.3 Å². The predicted octanol–water partition coefficient (Wildman–Crippen LogP) is 4.40. The molecule has 0 bridgehead atoms. The fourth-order valence-corrected chi connectivity index (χ4v) is 4.00. The van der Waals surface area contributed by atoms with Gasteiger partial charge in [-0.05, 0) is 37.8 Å². The first-order chi connectivity index (χ1) is 14.3. The zero-order chi connectivity index (χ0) is 21.3. The number of rotatable bonds is 4. The maximum Gasteiger partial charge on any atom is 0.433 e. The zero-order valence-electron chi connectivity index (χ0n) is 16.7. The van der Waals surface area contributed by atoms with Crippen molar-refractivity contribution in [1.29, 1.82) is 0 Å². The van der Waals surface area contributed by atoms with E-state index in [0.29, 0.717) is 50.2 Å². The van der Waals surface area contributed by atoms with Gasteiger partial charge in [0.1, 0.15) is 5.69 Å². The summed E-state index contributed by atoms with van der Waals surface area (Å²) in [5.74, 6) is 0.134. The van der Waals surface area contributed by atoms with Crippen molar-refractivity contribution in [2.75, 3.05) is 13.1 Å². The van der Waals surface area contributed by atoms with Crippen LogP contribution >= 0.6 is 0 Å². The van der Waals surface area contributed by atoms with Gasteiger partial charge in [-0.15, -0.1) is 0 Å². The Morgan fingerprint density at radius 3 is 2.50 bits per heavy atom. The van der Waals surface area contributed by atoms with Gasteiger partial charge < -0.3 is 4.90 Å². The third kappa shape index (κ3) is 4.32. The molecule has 30 heavy (non-hydrogen) atoms. The number of aryl methyl sites for hydroxylation is 2. The number of nitrogens with zero attached hydrogens (tertiary/aromatic N) is 4. The lowest BCUT2D eigenvalue weighted by atomic mass is 9.93. The molecule has 158 valence electrons. The molecule has 3 aromatic rings. The number of aromatic nitrogens is 3. The summed E-state index contributed by atoms with van der Waals surface area (Å²) in [7, 11) is 0. The molecule has 3 heterocycles. The molecule has 0 saturated carbocycles. The number of benzene rings is 1. The number of hydrogen-bond acceptors (Lipinski definition) is 3. The van der Waals surface area contributed by atoms with Crippen molar-refractivity contribution in [3.63, 3.8) is 0 Å². The highest BCUT2D eigenvalue weighted by molar-refractivity contribution is 5.76. The van der Waals surface area contributed by atoms with E-state index in [2.05, 4.69) is 10.1 Å². The highest BCUT2D eigenvalue weighted by Gasteiger charge is 2.35. The third-order valence-corrected chi connectivity index (χ3v) is 5.60. The lowest BCUT2D eigenvalue weighted by Crippen LogP contribution is -2.38. The number of carbonyl (C=O) groups excluding carboxylic acids is 1. The van der Waals surface area contributed by atoms with Gasteiger partial charge >= 0.3 is 6.18 Å². The maximum absolute atomic E-state index is 13.4. The quantitative estimate of drug-likeness (QED) is 0.634. The molecule has 1 fully saturated rings. The fourth-order valence-electron chi connectivity index (χ4n) is 4.00. The average Bonchev–Trinajstić information content (AvgIpc) is 3.15. The van der Waals surface area contributed by atoms with Crippen LogP contribution in [0.1, 0.15) is 47.8 Å². The van der Waals surface area contributed by atoms with Crippen molar-refractivity contribution in [3.8, 4) is 0 Å². The molecule has 0 aliphatic carbocycles. The smallest absolute Gasteiger partial charge is 0.343 e. The minimum Gasteiger partial charge on any atom is -0.343 e. The Bertz CT molecular complexity index is 1040. The molecule has 0 N–H and O–H groups in total. The Balaban J connectivity index is 1.41. The number of halogens is 3. The first-order valence-electron chi connectivity index (χ1n) is 10.1. The SMILES string of the molecule is Cc1cc(C(F)(F)F)n2nc(C3CCN(C(=O)CCc4ccccc4)CC3)cc2n1. The van der Waals surface area contributed by atoms with Crippen LogP contribution in [0.2, 0.25) is 0 Å². The summed E-state index contributed by atoms with van der Waals surface area (Å²) in [6.45, 7) is 2.72. The molecule has 8 heteroatoms. The Labute approximate surface area is 172 Å². The van der Waals surface area contributed by atoms with Crippen molar-refractivity contribution in [2.24, 2.45) is 0 Å². The molecular weight excluding hydrogens is 393 g/mol. The van der Waals surface area contributed by atoms with Crippen molar-refractivity contribution in [2.45, 2.75) is 44.7 Å². The highest BCUT2D eigenvalue weighted by Crippen LogP contribution is 2.32. The van der Waals surface area contributed by atoms with Crippen molar-refractivity contribution in [1.82, 2.24) is 19.5 Å². The summed E-state index contributed by atoms with van der Waals surface area (Å²) < 4.78 is 40.9. The van der Waals surface area contributed by atoms with E-state index in [1.807, 2.05) is 35.2 Å². The molecule has 1 aromatic carbocycles. The summed E-state index contributed by atoms with van der Waals surface area (Å²) in [4.78, 5) is 18.6. The van der Waals surface area contributed by atoms with Crippen LogP contribution in [0, 0.1) is 6.92 Å². The number of carbonyl (C=O) groups is 1. The molecule has 1 aliphatic heterocycles. The number of alkyl halides is 3. The molecule has 0 spiro atoms. The van der Waals surface area contributed by atoms with Gasteiger partial charge in [-0.3, -0.25) is 4.79 Å². The van der Waals surface area contributed by atoms with Crippen molar-refractivity contribution >= 4 is 11.6 Å². The molecular formula is C22H23F3N4O. The number of likely N-dealkylation sites (tertiary alicyclic amines) is 1.